The minimum Gasteiger partial charge on any atom is -0.493 e. The van der Waals surface area contributed by atoms with Gasteiger partial charge in [0.2, 0.25) is 0 Å². The Morgan fingerprint density at radius 3 is 2.63 bits per heavy atom. The molecular weight excluding hydrogens is 384 g/mol. The van der Waals surface area contributed by atoms with Crippen molar-refractivity contribution >= 4 is 5.97 Å². The molecule has 0 aliphatic carbocycles. The molecule has 1 aliphatic rings. The third kappa shape index (κ3) is 4.16. The van der Waals surface area contributed by atoms with Gasteiger partial charge in [0.25, 0.3) is 0 Å². The zero-order valence-corrected chi connectivity index (χ0v) is 17.0. The van der Waals surface area contributed by atoms with Gasteiger partial charge in [0.15, 0.2) is 17.2 Å². The van der Waals surface area contributed by atoms with Crippen LogP contribution in [0.2, 0.25) is 0 Å². The highest BCUT2D eigenvalue weighted by Crippen LogP contribution is 2.34. The third-order valence-corrected chi connectivity index (χ3v) is 5.05. The van der Waals surface area contributed by atoms with Crippen LogP contribution in [0.4, 0.5) is 0 Å². The molecule has 3 aromatic rings. The summed E-state index contributed by atoms with van der Waals surface area (Å²) in [6.45, 7) is 0.935. The lowest BCUT2D eigenvalue weighted by molar-refractivity contribution is 0.0156. The van der Waals surface area contributed by atoms with Crippen LogP contribution in [-0.4, -0.2) is 49.3 Å². The van der Waals surface area contributed by atoms with Crippen molar-refractivity contribution in [2.45, 2.75) is 18.9 Å². The molecule has 7 heteroatoms. The van der Waals surface area contributed by atoms with Gasteiger partial charge in [0.05, 0.1) is 26.0 Å². The smallest absolute Gasteiger partial charge is 0.359 e. The second kappa shape index (κ2) is 9.00. The maximum atomic E-state index is 12.9. The van der Waals surface area contributed by atoms with Crippen molar-refractivity contribution in [3.63, 3.8) is 0 Å². The van der Waals surface area contributed by atoms with Gasteiger partial charge in [-0.3, -0.25) is 0 Å². The van der Waals surface area contributed by atoms with Crippen LogP contribution in [0.25, 0.3) is 16.8 Å². The normalized spacial score (nSPS) is 15.7. The standard InChI is InChI=1S/C23H24N2O5/c1-27-20-11-10-16(13-21(20)28-2)19-14-25(17-7-4-3-5-8-17)24-22(19)23(26)30-15-18-9-6-12-29-18/h3-5,7-8,10-11,13-14,18H,6,9,12,15H2,1-2H3/t18-/m1/s1. The summed E-state index contributed by atoms with van der Waals surface area (Å²) in [5.74, 6) is 0.699. The van der Waals surface area contributed by atoms with Crippen molar-refractivity contribution in [1.82, 2.24) is 9.78 Å². The molecule has 0 saturated carbocycles. The molecule has 0 bridgehead atoms. The van der Waals surface area contributed by atoms with Gasteiger partial charge in [-0.25, -0.2) is 9.48 Å². The lowest BCUT2D eigenvalue weighted by Crippen LogP contribution is -2.18. The highest BCUT2D eigenvalue weighted by molar-refractivity contribution is 5.95. The molecule has 1 atom stereocenters. The Kier molecular flexibility index (Phi) is 5.99. The molecule has 1 aromatic heterocycles. The molecule has 0 N–H and O–H groups in total. The highest BCUT2D eigenvalue weighted by Gasteiger charge is 2.24. The van der Waals surface area contributed by atoms with E-state index in [2.05, 4.69) is 5.10 Å². The van der Waals surface area contributed by atoms with E-state index in [4.69, 9.17) is 18.9 Å². The number of benzene rings is 2. The molecule has 1 aliphatic heterocycles. The van der Waals surface area contributed by atoms with Crippen LogP contribution >= 0.6 is 0 Å². The van der Waals surface area contributed by atoms with Crippen molar-refractivity contribution in [2.75, 3.05) is 27.4 Å². The lowest BCUT2D eigenvalue weighted by Gasteiger charge is -2.11. The Bertz CT molecular complexity index is 1010. The second-order valence-electron chi connectivity index (χ2n) is 6.97. The predicted octanol–water partition coefficient (Wildman–Crippen LogP) is 3.89. The van der Waals surface area contributed by atoms with Crippen LogP contribution in [0, 0.1) is 0 Å². The molecule has 1 fully saturated rings. The van der Waals surface area contributed by atoms with Crippen molar-refractivity contribution in [3.8, 4) is 28.3 Å². The number of ether oxygens (including phenoxy) is 4. The molecule has 2 heterocycles. The summed E-state index contributed by atoms with van der Waals surface area (Å²) < 4.78 is 23.5. The van der Waals surface area contributed by atoms with Crippen LogP contribution in [0.3, 0.4) is 0 Å². The highest BCUT2D eigenvalue weighted by atomic mass is 16.6. The summed E-state index contributed by atoms with van der Waals surface area (Å²) in [6.07, 6.45) is 3.66. The minimum atomic E-state index is -0.482. The number of nitrogens with zero attached hydrogens (tertiary/aromatic N) is 2. The summed E-state index contributed by atoms with van der Waals surface area (Å²) in [6, 6.07) is 15.1. The fourth-order valence-electron chi connectivity index (χ4n) is 3.47. The van der Waals surface area contributed by atoms with Gasteiger partial charge in [-0.2, -0.15) is 5.10 Å². The van der Waals surface area contributed by atoms with E-state index in [9.17, 15) is 4.79 Å². The lowest BCUT2D eigenvalue weighted by atomic mass is 10.1. The molecule has 2 aromatic carbocycles. The van der Waals surface area contributed by atoms with Gasteiger partial charge < -0.3 is 18.9 Å². The molecule has 30 heavy (non-hydrogen) atoms. The summed E-state index contributed by atoms with van der Waals surface area (Å²) in [5.41, 5.74) is 2.51. The van der Waals surface area contributed by atoms with Crippen molar-refractivity contribution < 1.29 is 23.7 Å². The molecule has 0 radical (unpaired) electrons. The van der Waals surface area contributed by atoms with Crippen LogP contribution < -0.4 is 9.47 Å². The van der Waals surface area contributed by atoms with Crippen LogP contribution in [0.5, 0.6) is 11.5 Å². The number of carbonyl (C=O) groups is 1. The van der Waals surface area contributed by atoms with E-state index >= 15 is 0 Å². The van der Waals surface area contributed by atoms with Crippen molar-refractivity contribution in [1.29, 1.82) is 0 Å². The number of methoxy groups -OCH3 is 2. The molecule has 4 rings (SSSR count). The summed E-state index contributed by atoms with van der Waals surface area (Å²) in [5, 5.41) is 4.53. The van der Waals surface area contributed by atoms with E-state index in [-0.39, 0.29) is 18.4 Å². The first-order valence-corrected chi connectivity index (χ1v) is 9.86. The topological polar surface area (TPSA) is 71.8 Å². The molecule has 0 unspecified atom stereocenters. The Hall–Kier alpha value is -3.32. The molecule has 7 nitrogen and oxygen atoms in total. The summed E-state index contributed by atoms with van der Waals surface area (Å²) in [7, 11) is 3.16. The van der Waals surface area contributed by atoms with E-state index in [0.29, 0.717) is 23.7 Å². The predicted molar refractivity (Wildman–Crippen MR) is 111 cm³/mol. The van der Waals surface area contributed by atoms with Crippen LogP contribution in [-0.2, 0) is 9.47 Å². The van der Waals surface area contributed by atoms with Gasteiger partial charge in [-0.05, 0) is 42.7 Å². The van der Waals surface area contributed by atoms with E-state index < -0.39 is 5.97 Å². The van der Waals surface area contributed by atoms with E-state index in [1.807, 2.05) is 48.7 Å². The first-order valence-electron chi connectivity index (χ1n) is 9.86. The average molecular weight is 408 g/mol. The number of rotatable bonds is 7. The summed E-state index contributed by atoms with van der Waals surface area (Å²) in [4.78, 5) is 12.9. The molecule has 156 valence electrons. The SMILES string of the molecule is COc1ccc(-c2cn(-c3ccccc3)nc2C(=O)OC[C@H]2CCCO2)cc1OC. The Balaban J connectivity index is 1.70. The Morgan fingerprint density at radius 1 is 1.13 bits per heavy atom. The van der Waals surface area contributed by atoms with Crippen molar-refractivity contribution in [2.24, 2.45) is 0 Å². The van der Waals surface area contributed by atoms with Gasteiger partial charge in [0, 0.05) is 18.4 Å². The Labute approximate surface area is 175 Å². The van der Waals surface area contributed by atoms with E-state index in [1.54, 1.807) is 25.0 Å². The molecule has 0 amide bonds. The van der Waals surface area contributed by atoms with Crippen LogP contribution in [0.1, 0.15) is 23.3 Å². The average Bonchev–Trinajstić information content (AvgIpc) is 3.48. The number of carbonyl (C=O) groups excluding carboxylic acids is 1. The second-order valence-corrected chi connectivity index (χ2v) is 6.97. The molecular formula is C23H24N2O5. The fourth-order valence-corrected chi connectivity index (χ4v) is 3.47. The molecule has 1 saturated heterocycles. The third-order valence-electron chi connectivity index (χ3n) is 5.05. The number of hydrogen-bond acceptors (Lipinski definition) is 6. The number of aromatic nitrogens is 2. The monoisotopic (exact) mass is 408 g/mol. The zero-order chi connectivity index (χ0) is 20.9. The Morgan fingerprint density at radius 2 is 1.93 bits per heavy atom. The maximum Gasteiger partial charge on any atom is 0.359 e. The first-order chi connectivity index (χ1) is 14.7. The van der Waals surface area contributed by atoms with Gasteiger partial charge in [0.1, 0.15) is 6.61 Å². The van der Waals surface area contributed by atoms with Gasteiger partial charge in [-0.15, -0.1) is 0 Å². The zero-order valence-electron chi connectivity index (χ0n) is 17.0. The maximum absolute atomic E-state index is 12.9. The number of esters is 1. The minimum absolute atomic E-state index is 0.0466. The number of para-hydroxylation sites is 1. The fraction of sp³-hybridized carbons (Fsp3) is 0.304. The number of hydrogen-bond donors (Lipinski definition) is 0. The van der Waals surface area contributed by atoms with Crippen molar-refractivity contribution in [3.05, 3.63) is 60.4 Å². The van der Waals surface area contributed by atoms with Crippen LogP contribution in [0.15, 0.2) is 54.7 Å². The quantitative estimate of drug-likeness (QED) is 0.553. The molecule has 0 spiro atoms. The summed E-state index contributed by atoms with van der Waals surface area (Å²) >= 11 is 0. The van der Waals surface area contributed by atoms with E-state index in [1.165, 1.54) is 0 Å². The van der Waals surface area contributed by atoms with Gasteiger partial charge >= 0.3 is 5.97 Å². The largest absolute Gasteiger partial charge is 0.493 e. The first kappa shape index (κ1) is 20.0. The van der Waals surface area contributed by atoms with Gasteiger partial charge in [-0.1, -0.05) is 24.3 Å². The van der Waals surface area contributed by atoms with E-state index in [0.717, 1.165) is 24.1 Å².